The molecule has 21 heavy (non-hydrogen) atoms. The summed E-state index contributed by atoms with van der Waals surface area (Å²) in [5.41, 5.74) is -0.498. The van der Waals surface area contributed by atoms with E-state index in [1.54, 1.807) is 7.11 Å². The van der Waals surface area contributed by atoms with Crippen molar-refractivity contribution in [1.82, 2.24) is 0 Å². The number of quaternary nitrogens is 1. The summed E-state index contributed by atoms with van der Waals surface area (Å²) in [7, 11) is 3.96. The highest BCUT2D eigenvalue weighted by atomic mass is 16.5. The molecule has 1 saturated carbocycles. The lowest BCUT2D eigenvalue weighted by Crippen LogP contribution is -3.21. The van der Waals surface area contributed by atoms with E-state index in [0.29, 0.717) is 18.4 Å². The fourth-order valence-electron chi connectivity index (χ4n) is 4.88. The van der Waals surface area contributed by atoms with E-state index >= 15 is 0 Å². The Hall–Kier alpha value is -0.200. The summed E-state index contributed by atoms with van der Waals surface area (Å²) in [6.07, 6.45) is 2.89. The molecule has 5 heteroatoms. The van der Waals surface area contributed by atoms with Gasteiger partial charge in [0.2, 0.25) is 0 Å². The Labute approximate surface area is 127 Å². The first-order valence-corrected chi connectivity index (χ1v) is 8.25. The standard InChI is InChI=1S/C16H29NO4/c1-16(2)13(19)8-11-14(20-4)10-7-9(18)5-6-12(10)17(3)15(11)21-16/h9-15,18-19H,5-8H2,1-4H3/p+1. The lowest BCUT2D eigenvalue weighted by molar-refractivity contribution is -0.975. The maximum absolute atomic E-state index is 10.4. The van der Waals surface area contributed by atoms with E-state index in [4.69, 9.17) is 9.47 Å². The lowest BCUT2D eigenvalue weighted by Gasteiger charge is -2.56. The average Bonchev–Trinajstić information content (AvgIpc) is 2.42. The topological polar surface area (TPSA) is 63.4 Å². The van der Waals surface area contributed by atoms with Gasteiger partial charge in [-0.15, -0.1) is 0 Å². The molecule has 0 radical (unpaired) electrons. The molecule has 0 aromatic rings. The van der Waals surface area contributed by atoms with Gasteiger partial charge in [-0.1, -0.05) is 0 Å². The van der Waals surface area contributed by atoms with E-state index in [0.717, 1.165) is 19.3 Å². The molecule has 0 aromatic heterocycles. The zero-order chi connectivity index (χ0) is 15.4. The number of hydrogen-bond donors (Lipinski definition) is 3. The van der Waals surface area contributed by atoms with E-state index in [9.17, 15) is 10.2 Å². The van der Waals surface area contributed by atoms with Crippen LogP contribution in [0.2, 0.25) is 0 Å². The van der Waals surface area contributed by atoms with Crippen molar-refractivity contribution >= 4 is 0 Å². The van der Waals surface area contributed by atoms with E-state index in [2.05, 4.69) is 7.05 Å². The van der Waals surface area contributed by atoms with Crippen LogP contribution >= 0.6 is 0 Å². The zero-order valence-electron chi connectivity index (χ0n) is 13.6. The predicted molar refractivity (Wildman–Crippen MR) is 77.9 cm³/mol. The third kappa shape index (κ3) is 2.53. The number of fused-ring (bicyclic) bond motifs is 2. The van der Waals surface area contributed by atoms with Gasteiger partial charge in [-0.2, -0.15) is 0 Å². The van der Waals surface area contributed by atoms with Crippen molar-refractivity contribution < 1.29 is 24.6 Å². The van der Waals surface area contributed by atoms with Crippen LogP contribution in [0.1, 0.15) is 39.5 Å². The highest BCUT2D eigenvalue weighted by molar-refractivity contribution is 4.98. The van der Waals surface area contributed by atoms with Crippen molar-refractivity contribution in [2.45, 2.75) is 75.7 Å². The summed E-state index contributed by atoms with van der Waals surface area (Å²) in [4.78, 5) is 1.39. The Balaban J connectivity index is 1.88. The van der Waals surface area contributed by atoms with Crippen molar-refractivity contribution in [3.8, 4) is 0 Å². The predicted octanol–water partition coefficient (Wildman–Crippen LogP) is -0.439. The number of piperidine rings is 1. The second kappa shape index (κ2) is 5.46. The van der Waals surface area contributed by atoms with Crippen LogP contribution in [0.3, 0.4) is 0 Å². The molecule has 3 rings (SSSR count). The molecule has 3 N–H and O–H groups in total. The van der Waals surface area contributed by atoms with Crippen molar-refractivity contribution in [2.75, 3.05) is 14.2 Å². The van der Waals surface area contributed by atoms with Crippen LogP contribution in [0.25, 0.3) is 0 Å². The fraction of sp³-hybridized carbons (Fsp3) is 1.00. The molecule has 0 amide bonds. The Morgan fingerprint density at radius 2 is 1.86 bits per heavy atom. The summed E-state index contributed by atoms with van der Waals surface area (Å²) in [6.45, 7) is 3.94. The molecule has 8 unspecified atom stereocenters. The van der Waals surface area contributed by atoms with Gasteiger partial charge in [0.25, 0.3) is 0 Å². The normalized spacial score (nSPS) is 52.9. The highest BCUT2D eigenvalue weighted by Crippen LogP contribution is 2.41. The molecule has 8 atom stereocenters. The quantitative estimate of drug-likeness (QED) is 0.614. The maximum atomic E-state index is 10.4. The first-order chi connectivity index (χ1) is 9.85. The number of nitrogens with one attached hydrogen (secondary N) is 1. The van der Waals surface area contributed by atoms with Crippen LogP contribution in [0.15, 0.2) is 0 Å². The van der Waals surface area contributed by atoms with Gasteiger partial charge in [0.15, 0.2) is 6.23 Å². The van der Waals surface area contributed by atoms with Gasteiger partial charge in [0.1, 0.15) is 0 Å². The molecule has 1 aliphatic carbocycles. The summed E-state index contributed by atoms with van der Waals surface area (Å²) >= 11 is 0. The molecule has 3 fully saturated rings. The second-order valence-electron chi connectivity index (χ2n) is 7.74. The minimum Gasteiger partial charge on any atom is -0.393 e. The third-order valence-electron chi connectivity index (χ3n) is 6.14. The van der Waals surface area contributed by atoms with Gasteiger partial charge in [-0.3, -0.25) is 0 Å². The Kier molecular flexibility index (Phi) is 4.08. The average molecular weight is 300 g/mol. The monoisotopic (exact) mass is 300 g/mol. The van der Waals surface area contributed by atoms with E-state index in [1.807, 2.05) is 13.8 Å². The zero-order valence-corrected chi connectivity index (χ0v) is 13.6. The van der Waals surface area contributed by atoms with Gasteiger partial charge in [0.05, 0.1) is 42.9 Å². The molecule has 2 saturated heterocycles. The Bertz CT molecular complexity index is 388. The number of ether oxygens (including phenoxy) is 2. The third-order valence-corrected chi connectivity index (χ3v) is 6.14. The van der Waals surface area contributed by atoms with Crippen molar-refractivity contribution in [2.24, 2.45) is 11.8 Å². The number of hydrogen-bond acceptors (Lipinski definition) is 4. The van der Waals surface area contributed by atoms with Crippen molar-refractivity contribution in [1.29, 1.82) is 0 Å². The largest absolute Gasteiger partial charge is 0.393 e. The molecular weight excluding hydrogens is 270 g/mol. The van der Waals surface area contributed by atoms with Gasteiger partial charge in [-0.05, 0) is 33.1 Å². The summed E-state index contributed by atoms with van der Waals surface area (Å²) in [5, 5.41) is 20.4. The van der Waals surface area contributed by atoms with E-state index in [-0.39, 0.29) is 24.4 Å². The Morgan fingerprint density at radius 1 is 1.14 bits per heavy atom. The minimum absolute atomic E-state index is 0.0735. The number of methoxy groups -OCH3 is 1. The molecule has 0 bridgehead atoms. The lowest BCUT2D eigenvalue weighted by atomic mass is 9.68. The molecule has 2 aliphatic heterocycles. The van der Waals surface area contributed by atoms with Crippen LogP contribution < -0.4 is 4.90 Å². The molecule has 122 valence electrons. The van der Waals surface area contributed by atoms with Crippen molar-refractivity contribution in [3.63, 3.8) is 0 Å². The molecule has 0 spiro atoms. The Morgan fingerprint density at radius 3 is 2.52 bits per heavy atom. The number of rotatable bonds is 1. The maximum Gasteiger partial charge on any atom is 0.197 e. The number of aliphatic hydroxyl groups is 2. The molecule has 3 aliphatic rings. The number of aliphatic hydroxyl groups excluding tert-OH is 2. The van der Waals surface area contributed by atoms with Gasteiger partial charge in [-0.25, -0.2) is 0 Å². The summed E-state index contributed by atoms with van der Waals surface area (Å²) < 4.78 is 12.1. The number of likely N-dealkylation sites (tertiary alicyclic amines) is 1. The van der Waals surface area contributed by atoms with Crippen LogP contribution in [-0.2, 0) is 9.47 Å². The van der Waals surface area contributed by atoms with Gasteiger partial charge in [0, 0.05) is 19.4 Å². The molecule has 0 aromatic carbocycles. The highest BCUT2D eigenvalue weighted by Gasteiger charge is 2.58. The second-order valence-corrected chi connectivity index (χ2v) is 7.74. The smallest absolute Gasteiger partial charge is 0.197 e. The molecule has 5 nitrogen and oxygen atoms in total. The fourth-order valence-corrected chi connectivity index (χ4v) is 4.88. The van der Waals surface area contributed by atoms with Crippen LogP contribution in [-0.4, -0.2) is 60.6 Å². The van der Waals surface area contributed by atoms with Crippen LogP contribution in [0.5, 0.6) is 0 Å². The van der Waals surface area contributed by atoms with E-state index in [1.165, 1.54) is 4.90 Å². The molecular formula is C16H30NO4+. The summed E-state index contributed by atoms with van der Waals surface area (Å²) in [6, 6.07) is 0.477. The van der Waals surface area contributed by atoms with Gasteiger partial charge < -0.3 is 24.6 Å². The van der Waals surface area contributed by atoms with Crippen molar-refractivity contribution in [3.05, 3.63) is 0 Å². The van der Waals surface area contributed by atoms with Crippen LogP contribution in [0, 0.1) is 11.8 Å². The van der Waals surface area contributed by atoms with Crippen LogP contribution in [0.4, 0.5) is 0 Å². The summed E-state index contributed by atoms with van der Waals surface area (Å²) in [5.74, 6) is 0.557. The first kappa shape index (κ1) is 15.7. The first-order valence-electron chi connectivity index (χ1n) is 8.25. The van der Waals surface area contributed by atoms with E-state index < -0.39 is 11.7 Å². The van der Waals surface area contributed by atoms with Gasteiger partial charge >= 0.3 is 0 Å². The minimum atomic E-state index is -0.498. The SMILES string of the molecule is COC1C2CC(O)CCC2[NH+](C)C2OC(C)(C)C(O)CC12. The molecule has 2 heterocycles.